The second kappa shape index (κ2) is 7.38. The van der Waals surface area contributed by atoms with Crippen LogP contribution in [0, 0.1) is 10.1 Å². The number of aliphatic hydroxyl groups is 1. The lowest BCUT2D eigenvalue weighted by molar-refractivity contribution is -0.384. The second-order valence-electron chi connectivity index (χ2n) is 5.04. The van der Waals surface area contributed by atoms with Crippen molar-refractivity contribution in [2.75, 3.05) is 0 Å². The first-order valence-electron chi connectivity index (χ1n) is 7.14. The predicted molar refractivity (Wildman–Crippen MR) is 84.0 cm³/mol. The first-order chi connectivity index (χ1) is 10.6. The van der Waals surface area contributed by atoms with Gasteiger partial charge in [-0.25, -0.2) is 4.98 Å². The molecule has 6 nitrogen and oxygen atoms in total. The lowest BCUT2D eigenvalue weighted by Crippen LogP contribution is -2.05. The molecule has 0 amide bonds. The molecule has 0 atom stereocenters. The maximum atomic E-state index is 10.7. The van der Waals surface area contributed by atoms with Crippen molar-refractivity contribution in [2.45, 2.75) is 39.3 Å². The molecule has 0 radical (unpaired) electrons. The molecule has 1 aromatic heterocycles. The van der Waals surface area contributed by atoms with E-state index in [-0.39, 0.29) is 12.3 Å². The Bertz CT molecular complexity index is 653. The Hall–Kier alpha value is -1.92. The van der Waals surface area contributed by atoms with Crippen molar-refractivity contribution >= 4 is 17.3 Å². The first-order valence-corrected chi connectivity index (χ1v) is 7.52. The molecule has 0 aliphatic heterocycles. The van der Waals surface area contributed by atoms with E-state index in [0.29, 0.717) is 17.4 Å². The van der Waals surface area contributed by atoms with Gasteiger partial charge in [-0.15, -0.1) is 0 Å². The average molecular weight is 324 g/mol. The summed E-state index contributed by atoms with van der Waals surface area (Å²) < 4.78 is 1.85. The lowest BCUT2D eigenvalue weighted by Gasteiger charge is -2.09. The third-order valence-electron chi connectivity index (χ3n) is 3.44. The number of unbranched alkanes of at least 4 members (excludes halogenated alkanes) is 1. The van der Waals surface area contributed by atoms with Crippen molar-refractivity contribution in [1.82, 2.24) is 9.55 Å². The SMILES string of the molecule is CCCCc1nc(CO)c(Cl)n1Cc1ccc([N+](=O)[O-])cc1. The molecule has 0 fully saturated rings. The summed E-state index contributed by atoms with van der Waals surface area (Å²) in [6, 6.07) is 6.35. The summed E-state index contributed by atoms with van der Waals surface area (Å²) in [6.07, 6.45) is 2.80. The number of nitro groups is 1. The molecule has 1 heterocycles. The number of hydrogen-bond donors (Lipinski definition) is 1. The zero-order chi connectivity index (χ0) is 16.1. The summed E-state index contributed by atoms with van der Waals surface area (Å²) >= 11 is 6.27. The molecule has 0 bridgehead atoms. The fourth-order valence-corrected chi connectivity index (χ4v) is 2.48. The molecule has 0 spiro atoms. The summed E-state index contributed by atoms with van der Waals surface area (Å²) in [5, 5.41) is 20.4. The van der Waals surface area contributed by atoms with Crippen LogP contribution in [0.1, 0.15) is 36.8 Å². The van der Waals surface area contributed by atoms with Gasteiger partial charge in [-0.05, 0) is 12.0 Å². The first kappa shape index (κ1) is 16.5. The summed E-state index contributed by atoms with van der Waals surface area (Å²) in [5.74, 6) is 0.828. The molecule has 0 aliphatic rings. The third kappa shape index (κ3) is 3.64. The number of aryl methyl sites for hydroxylation is 1. The van der Waals surface area contributed by atoms with E-state index >= 15 is 0 Å². The van der Waals surface area contributed by atoms with Gasteiger partial charge in [-0.2, -0.15) is 0 Å². The van der Waals surface area contributed by atoms with Crippen LogP contribution in [0.5, 0.6) is 0 Å². The van der Waals surface area contributed by atoms with Gasteiger partial charge in [0, 0.05) is 18.6 Å². The Kier molecular flexibility index (Phi) is 5.51. The standard InChI is InChI=1S/C15H18ClN3O3/c1-2-3-4-14-17-13(10-20)15(16)18(14)9-11-5-7-12(8-6-11)19(21)22/h5-8,20H,2-4,9-10H2,1H3. The van der Waals surface area contributed by atoms with E-state index in [9.17, 15) is 15.2 Å². The van der Waals surface area contributed by atoms with Crippen LogP contribution in [0.25, 0.3) is 0 Å². The molecule has 22 heavy (non-hydrogen) atoms. The molecule has 0 unspecified atom stereocenters. The minimum absolute atomic E-state index is 0.0581. The number of nitro benzene ring substituents is 1. The van der Waals surface area contributed by atoms with Gasteiger partial charge in [0.25, 0.3) is 5.69 Å². The summed E-state index contributed by atoms with van der Waals surface area (Å²) in [7, 11) is 0. The molecule has 0 saturated heterocycles. The zero-order valence-corrected chi connectivity index (χ0v) is 13.1. The van der Waals surface area contributed by atoms with Crippen molar-refractivity contribution < 1.29 is 10.0 Å². The van der Waals surface area contributed by atoms with E-state index < -0.39 is 4.92 Å². The number of rotatable bonds is 7. The van der Waals surface area contributed by atoms with E-state index in [4.69, 9.17) is 11.6 Å². The van der Waals surface area contributed by atoms with Gasteiger partial charge >= 0.3 is 0 Å². The van der Waals surface area contributed by atoms with Crippen LogP contribution in [0.15, 0.2) is 24.3 Å². The molecule has 1 N–H and O–H groups in total. The van der Waals surface area contributed by atoms with Crippen molar-refractivity contribution in [3.8, 4) is 0 Å². The normalized spacial score (nSPS) is 10.9. The highest BCUT2D eigenvalue weighted by atomic mass is 35.5. The van der Waals surface area contributed by atoms with Crippen LogP contribution in [-0.2, 0) is 19.6 Å². The van der Waals surface area contributed by atoms with Gasteiger partial charge in [0.15, 0.2) is 0 Å². The number of non-ortho nitro benzene ring substituents is 1. The monoisotopic (exact) mass is 323 g/mol. The average Bonchev–Trinajstić information content (AvgIpc) is 2.82. The number of halogens is 1. The van der Waals surface area contributed by atoms with E-state index in [1.165, 1.54) is 12.1 Å². The lowest BCUT2D eigenvalue weighted by atomic mass is 10.2. The van der Waals surface area contributed by atoms with E-state index in [1.54, 1.807) is 12.1 Å². The number of benzene rings is 1. The highest BCUT2D eigenvalue weighted by Crippen LogP contribution is 2.22. The Morgan fingerprint density at radius 3 is 2.59 bits per heavy atom. The maximum Gasteiger partial charge on any atom is 0.269 e. The Morgan fingerprint density at radius 1 is 1.36 bits per heavy atom. The van der Waals surface area contributed by atoms with Crippen LogP contribution >= 0.6 is 11.6 Å². The number of hydrogen-bond acceptors (Lipinski definition) is 4. The highest BCUT2D eigenvalue weighted by molar-refractivity contribution is 6.30. The zero-order valence-electron chi connectivity index (χ0n) is 12.3. The molecular formula is C15H18ClN3O3. The molecular weight excluding hydrogens is 306 g/mol. The second-order valence-corrected chi connectivity index (χ2v) is 5.39. The van der Waals surface area contributed by atoms with E-state index in [1.807, 2.05) is 4.57 Å². The van der Waals surface area contributed by atoms with Crippen molar-refractivity contribution in [3.05, 3.63) is 56.6 Å². The fraction of sp³-hybridized carbons (Fsp3) is 0.400. The molecule has 2 rings (SSSR count). The van der Waals surface area contributed by atoms with Crippen LogP contribution in [0.2, 0.25) is 5.15 Å². The van der Waals surface area contributed by atoms with E-state index in [2.05, 4.69) is 11.9 Å². The minimum Gasteiger partial charge on any atom is -0.390 e. The highest BCUT2D eigenvalue weighted by Gasteiger charge is 2.15. The van der Waals surface area contributed by atoms with Gasteiger partial charge in [0.1, 0.15) is 16.7 Å². The van der Waals surface area contributed by atoms with Crippen molar-refractivity contribution in [3.63, 3.8) is 0 Å². The van der Waals surface area contributed by atoms with Gasteiger partial charge in [0.05, 0.1) is 18.1 Å². The summed E-state index contributed by atoms with van der Waals surface area (Å²) in [4.78, 5) is 14.6. The molecule has 2 aromatic rings. The van der Waals surface area contributed by atoms with Gasteiger partial charge in [-0.3, -0.25) is 10.1 Å². The predicted octanol–water partition coefficient (Wildman–Crippen LogP) is 3.33. The van der Waals surface area contributed by atoms with Crippen molar-refractivity contribution in [1.29, 1.82) is 0 Å². The summed E-state index contributed by atoms with van der Waals surface area (Å²) in [6.45, 7) is 2.37. The van der Waals surface area contributed by atoms with Gasteiger partial charge in [-0.1, -0.05) is 37.1 Å². The Balaban J connectivity index is 2.26. The van der Waals surface area contributed by atoms with Crippen molar-refractivity contribution in [2.24, 2.45) is 0 Å². The number of nitrogens with zero attached hydrogens (tertiary/aromatic N) is 3. The van der Waals surface area contributed by atoms with Crippen LogP contribution < -0.4 is 0 Å². The van der Waals surface area contributed by atoms with Gasteiger partial charge in [0.2, 0.25) is 0 Å². The molecule has 7 heteroatoms. The smallest absolute Gasteiger partial charge is 0.269 e. The maximum absolute atomic E-state index is 10.7. The Labute approximate surface area is 133 Å². The number of aliphatic hydroxyl groups excluding tert-OH is 1. The van der Waals surface area contributed by atoms with Crippen LogP contribution in [-0.4, -0.2) is 19.6 Å². The van der Waals surface area contributed by atoms with Gasteiger partial charge < -0.3 is 9.67 Å². The molecule has 118 valence electrons. The quantitative estimate of drug-likeness (QED) is 0.626. The Morgan fingerprint density at radius 2 is 2.05 bits per heavy atom. The third-order valence-corrected chi connectivity index (χ3v) is 3.86. The molecule has 0 saturated carbocycles. The van der Waals surface area contributed by atoms with Crippen LogP contribution in [0.4, 0.5) is 5.69 Å². The molecule has 0 aliphatic carbocycles. The molecule has 1 aromatic carbocycles. The van der Waals surface area contributed by atoms with Crippen LogP contribution in [0.3, 0.4) is 0 Å². The minimum atomic E-state index is -0.426. The fourth-order valence-electron chi connectivity index (χ4n) is 2.22. The number of imidazole rings is 1. The number of aromatic nitrogens is 2. The largest absolute Gasteiger partial charge is 0.390 e. The topological polar surface area (TPSA) is 81.2 Å². The van der Waals surface area contributed by atoms with E-state index in [0.717, 1.165) is 30.7 Å². The summed E-state index contributed by atoms with van der Waals surface area (Å²) in [5.41, 5.74) is 1.42.